The van der Waals surface area contributed by atoms with Crippen molar-refractivity contribution in [3.63, 3.8) is 0 Å². The number of nitrogens with zero attached hydrogens (tertiary/aromatic N) is 2. The first-order valence-electron chi connectivity index (χ1n) is 7.75. The predicted octanol–water partition coefficient (Wildman–Crippen LogP) is 4.76. The molecule has 1 N–H and O–H groups in total. The summed E-state index contributed by atoms with van der Waals surface area (Å²) in [7, 11) is 0. The van der Waals surface area contributed by atoms with Gasteiger partial charge in [-0.15, -0.1) is 10.2 Å². The van der Waals surface area contributed by atoms with Gasteiger partial charge in [-0.05, 0) is 36.8 Å². The Kier molecular flexibility index (Phi) is 6.19. The average Bonchev–Trinajstić information content (AvgIpc) is 3.10. The molecule has 0 radical (unpaired) electrons. The van der Waals surface area contributed by atoms with Gasteiger partial charge in [0.15, 0.2) is 0 Å². The maximum atomic E-state index is 12.0. The molecule has 1 heterocycles. The van der Waals surface area contributed by atoms with E-state index in [1.54, 1.807) is 12.1 Å². The van der Waals surface area contributed by atoms with Gasteiger partial charge in [0.1, 0.15) is 0 Å². The van der Waals surface area contributed by atoms with Crippen molar-refractivity contribution in [1.82, 2.24) is 15.5 Å². The smallest absolute Gasteiger partial charge is 0.277 e. The second-order valence-electron chi connectivity index (χ2n) is 5.55. The highest BCUT2D eigenvalue weighted by Crippen LogP contribution is 2.24. The Morgan fingerprint density at radius 3 is 2.62 bits per heavy atom. The molecule has 0 aliphatic carbocycles. The molecule has 2 aromatic carbocycles. The topological polar surface area (TPSA) is 68.0 Å². The predicted molar refractivity (Wildman–Crippen MR) is 104 cm³/mol. The molecular weight excluding hydrogens is 393 g/mol. The average molecular weight is 408 g/mol. The van der Waals surface area contributed by atoms with Gasteiger partial charge >= 0.3 is 0 Å². The molecule has 1 amide bonds. The molecule has 0 bridgehead atoms. The molecule has 0 saturated heterocycles. The lowest BCUT2D eigenvalue weighted by molar-refractivity contribution is -0.118. The monoisotopic (exact) mass is 407 g/mol. The first-order valence-corrected chi connectivity index (χ1v) is 9.49. The van der Waals surface area contributed by atoms with Crippen molar-refractivity contribution in [3.05, 3.63) is 63.6 Å². The minimum absolute atomic E-state index is 0.142. The number of carbonyl (C=O) groups is 1. The number of hydrogen-bond donors (Lipinski definition) is 1. The lowest BCUT2D eigenvalue weighted by Crippen LogP contribution is -2.24. The van der Waals surface area contributed by atoms with Crippen LogP contribution in [0.4, 0.5) is 0 Å². The molecule has 1 aromatic heterocycles. The van der Waals surface area contributed by atoms with E-state index in [2.05, 4.69) is 15.5 Å². The Morgan fingerprint density at radius 1 is 1.12 bits per heavy atom. The van der Waals surface area contributed by atoms with Gasteiger partial charge in [0.05, 0.1) is 15.8 Å². The largest absolute Gasteiger partial charge is 0.411 e. The van der Waals surface area contributed by atoms with Crippen molar-refractivity contribution in [2.45, 2.75) is 18.7 Å². The van der Waals surface area contributed by atoms with E-state index in [0.29, 0.717) is 27.7 Å². The van der Waals surface area contributed by atoms with Gasteiger partial charge in [-0.25, -0.2) is 0 Å². The van der Waals surface area contributed by atoms with Gasteiger partial charge in [0.25, 0.3) is 5.22 Å². The van der Waals surface area contributed by atoms with E-state index in [9.17, 15) is 4.79 Å². The first-order chi connectivity index (χ1) is 12.5. The number of thioether (sulfide) groups is 1. The summed E-state index contributed by atoms with van der Waals surface area (Å²) in [5.74, 6) is 0.469. The molecule has 0 spiro atoms. The van der Waals surface area contributed by atoms with Crippen LogP contribution in [0.3, 0.4) is 0 Å². The van der Waals surface area contributed by atoms with Gasteiger partial charge in [-0.3, -0.25) is 4.79 Å². The Bertz CT molecular complexity index is 913. The highest BCUT2D eigenvalue weighted by molar-refractivity contribution is 7.99. The highest BCUT2D eigenvalue weighted by atomic mass is 35.5. The van der Waals surface area contributed by atoms with Crippen LogP contribution in [-0.4, -0.2) is 21.9 Å². The van der Waals surface area contributed by atoms with Crippen LogP contribution in [0.25, 0.3) is 11.5 Å². The van der Waals surface area contributed by atoms with Crippen molar-refractivity contribution < 1.29 is 9.21 Å². The fourth-order valence-electron chi connectivity index (χ4n) is 2.11. The van der Waals surface area contributed by atoms with Crippen LogP contribution in [0, 0.1) is 6.92 Å². The maximum absolute atomic E-state index is 12.0. The van der Waals surface area contributed by atoms with Crippen molar-refractivity contribution >= 4 is 40.9 Å². The van der Waals surface area contributed by atoms with E-state index in [-0.39, 0.29) is 11.7 Å². The van der Waals surface area contributed by atoms with E-state index in [1.165, 1.54) is 11.8 Å². The zero-order valence-corrected chi connectivity index (χ0v) is 16.2. The Hall–Kier alpha value is -2.02. The number of hydrogen-bond acceptors (Lipinski definition) is 5. The molecule has 5 nitrogen and oxygen atoms in total. The Labute approximate surface area is 165 Å². The minimum atomic E-state index is -0.142. The van der Waals surface area contributed by atoms with Crippen LogP contribution < -0.4 is 5.32 Å². The molecule has 26 heavy (non-hydrogen) atoms. The van der Waals surface area contributed by atoms with Crippen LogP contribution in [0.15, 0.2) is 52.1 Å². The zero-order chi connectivity index (χ0) is 18.5. The lowest BCUT2D eigenvalue weighted by Gasteiger charge is -2.05. The molecule has 3 rings (SSSR count). The quantitative estimate of drug-likeness (QED) is 0.596. The van der Waals surface area contributed by atoms with Crippen molar-refractivity contribution in [1.29, 1.82) is 0 Å². The Morgan fingerprint density at radius 2 is 1.88 bits per heavy atom. The molecule has 0 aliphatic heterocycles. The third kappa shape index (κ3) is 5.00. The molecule has 0 saturated carbocycles. The van der Waals surface area contributed by atoms with Gasteiger partial charge in [0, 0.05) is 12.1 Å². The van der Waals surface area contributed by atoms with Crippen molar-refractivity contribution in [3.8, 4) is 11.5 Å². The van der Waals surface area contributed by atoms with Crippen LogP contribution in [0.5, 0.6) is 0 Å². The normalized spacial score (nSPS) is 10.7. The van der Waals surface area contributed by atoms with Gasteiger partial charge in [-0.1, -0.05) is 58.7 Å². The van der Waals surface area contributed by atoms with Crippen LogP contribution in [0.2, 0.25) is 10.0 Å². The van der Waals surface area contributed by atoms with E-state index >= 15 is 0 Å². The lowest BCUT2D eigenvalue weighted by atomic mass is 10.1. The number of halogens is 2. The third-order valence-corrected chi connectivity index (χ3v) is 5.06. The van der Waals surface area contributed by atoms with Crippen molar-refractivity contribution in [2.75, 3.05) is 5.75 Å². The summed E-state index contributed by atoms with van der Waals surface area (Å²) < 4.78 is 5.58. The van der Waals surface area contributed by atoms with E-state index < -0.39 is 0 Å². The summed E-state index contributed by atoms with van der Waals surface area (Å²) in [6, 6.07) is 13.0. The Balaban J connectivity index is 1.50. The minimum Gasteiger partial charge on any atom is -0.411 e. The number of benzene rings is 2. The molecule has 0 aliphatic rings. The molecule has 134 valence electrons. The maximum Gasteiger partial charge on any atom is 0.277 e. The SMILES string of the molecule is Cc1ccc(-c2nnc(SCC(=O)NCc3ccc(Cl)c(Cl)c3)o2)cc1. The second kappa shape index (κ2) is 8.58. The fraction of sp³-hybridized carbons (Fsp3) is 0.167. The summed E-state index contributed by atoms with van der Waals surface area (Å²) in [6.07, 6.45) is 0. The third-order valence-electron chi connectivity index (χ3n) is 3.51. The number of amides is 1. The van der Waals surface area contributed by atoms with E-state index in [0.717, 1.165) is 16.7 Å². The summed E-state index contributed by atoms with van der Waals surface area (Å²) in [5, 5.41) is 12.1. The second-order valence-corrected chi connectivity index (χ2v) is 7.29. The molecule has 0 fully saturated rings. The van der Waals surface area contributed by atoms with Gasteiger partial charge in [-0.2, -0.15) is 0 Å². The zero-order valence-electron chi connectivity index (χ0n) is 13.8. The van der Waals surface area contributed by atoms with Gasteiger partial charge in [0.2, 0.25) is 11.8 Å². The summed E-state index contributed by atoms with van der Waals surface area (Å²) >= 11 is 13.0. The highest BCUT2D eigenvalue weighted by Gasteiger charge is 2.11. The first kappa shape index (κ1) is 18.8. The van der Waals surface area contributed by atoms with Crippen LogP contribution >= 0.6 is 35.0 Å². The standard InChI is InChI=1S/C18H15Cl2N3O2S/c1-11-2-5-13(6-3-11)17-22-23-18(25-17)26-10-16(24)21-9-12-4-7-14(19)15(20)8-12/h2-8H,9-10H2,1H3,(H,21,24). The molecule has 0 unspecified atom stereocenters. The number of aryl methyl sites for hydroxylation is 1. The van der Waals surface area contributed by atoms with Crippen LogP contribution in [0.1, 0.15) is 11.1 Å². The number of aromatic nitrogens is 2. The van der Waals surface area contributed by atoms with Crippen LogP contribution in [-0.2, 0) is 11.3 Å². The molecule has 0 atom stereocenters. The van der Waals surface area contributed by atoms with Gasteiger partial charge < -0.3 is 9.73 Å². The number of nitrogens with one attached hydrogen (secondary N) is 1. The van der Waals surface area contributed by atoms with Crippen molar-refractivity contribution in [2.24, 2.45) is 0 Å². The van der Waals surface area contributed by atoms with E-state index in [4.69, 9.17) is 27.6 Å². The summed E-state index contributed by atoms with van der Waals surface area (Å²) in [5.41, 5.74) is 2.87. The molecule has 3 aromatic rings. The summed E-state index contributed by atoms with van der Waals surface area (Å²) in [4.78, 5) is 12.0. The number of rotatable bonds is 6. The molecule has 8 heteroatoms. The van der Waals surface area contributed by atoms with E-state index in [1.807, 2.05) is 37.3 Å². The number of carbonyl (C=O) groups excluding carboxylic acids is 1. The molecular formula is C18H15Cl2N3O2S. The summed E-state index contributed by atoms with van der Waals surface area (Å²) in [6.45, 7) is 2.38. The fourth-order valence-corrected chi connectivity index (χ4v) is 3.02.